The maximum atomic E-state index is 12.6. The molecular weight excluding hydrogens is 432 g/mol. The zero-order valence-electron chi connectivity index (χ0n) is 24.6. The Hall–Kier alpha value is -1.55. The number of hydrogen-bond acceptors (Lipinski definition) is 2. The molecular formula is C31H57N2O2+. The topological polar surface area (TPSA) is 49.3 Å². The molecule has 1 aromatic carbocycles. The first kappa shape index (κ1) is 31.5. The van der Waals surface area contributed by atoms with E-state index in [-0.39, 0.29) is 16.7 Å². The van der Waals surface area contributed by atoms with E-state index >= 15 is 0 Å². The van der Waals surface area contributed by atoms with Gasteiger partial charge in [-0.2, -0.15) is 0 Å². The van der Waals surface area contributed by atoms with E-state index in [4.69, 9.17) is 0 Å². The van der Waals surface area contributed by atoms with E-state index in [0.717, 1.165) is 34.3 Å². The number of phenolic OH excluding ortho intramolecular Hbond substituents is 1. The van der Waals surface area contributed by atoms with Gasteiger partial charge in [0.2, 0.25) is 5.91 Å². The number of nitrogens with zero attached hydrogens (tertiary/aromatic N) is 1. The summed E-state index contributed by atoms with van der Waals surface area (Å²) in [7, 11) is 4.54. The number of nitrogens with one attached hydrogen (secondary N) is 1. The van der Waals surface area contributed by atoms with E-state index < -0.39 is 0 Å². The summed E-state index contributed by atoms with van der Waals surface area (Å²) in [5, 5.41) is 14.0. The zero-order chi connectivity index (χ0) is 26.7. The van der Waals surface area contributed by atoms with Gasteiger partial charge in [0, 0.05) is 6.42 Å². The molecule has 4 heteroatoms. The van der Waals surface area contributed by atoms with Crippen molar-refractivity contribution in [3.05, 3.63) is 28.8 Å². The summed E-state index contributed by atoms with van der Waals surface area (Å²) in [6.07, 6.45) is 11.9. The number of aryl methyl sites for hydroxylation is 1. The second kappa shape index (κ2) is 14.3. The Morgan fingerprint density at radius 2 is 1.31 bits per heavy atom. The average Bonchev–Trinajstić information content (AvgIpc) is 2.73. The second-order valence-corrected chi connectivity index (χ2v) is 13.2. The van der Waals surface area contributed by atoms with Crippen LogP contribution in [0.1, 0.15) is 123 Å². The molecule has 1 aromatic rings. The molecule has 0 aliphatic carbocycles. The molecule has 2 N–H and O–H groups in total. The number of likely N-dealkylation sites (N-methyl/N-ethyl adjacent to an activating group) is 1. The number of carbonyl (C=O) groups is 1. The molecule has 1 rings (SSSR count). The Morgan fingerprint density at radius 1 is 0.829 bits per heavy atom. The lowest BCUT2D eigenvalue weighted by Crippen LogP contribution is -2.46. The van der Waals surface area contributed by atoms with Crippen LogP contribution in [-0.2, 0) is 22.0 Å². The first-order valence-corrected chi connectivity index (χ1v) is 14.1. The van der Waals surface area contributed by atoms with Crippen molar-refractivity contribution in [3.63, 3.8) is 0 Å². The number of phenols is 1. The SMILES string of the molecule is CCCCCCCCCC[N+](C)(C)CCNC(=O)CCc1cc(C(C)(C)C)c(O)c(C(C)(C)C)c1. The Morgan fingerprint density at radius 3 is 1.80 bits per heavy atom. The van der Waals surface area contributed by atoms with Gasteiger partial charge in [-0.3, -0.25) is 4.79 Å². The maximum Gasteiger partial charge on any atom is 0.220 e. The van der Waals surface area contributed by atoms with Gasteiger partial charge < -0.3 is 14.9 Å². The number of hydrogen-bond donors (Lipinski definition) is 2. The molecule has 202 valence electrons. The number of rotatable bonds is 15. The highest BCUT2D eigenvalue weighted by atomic mass is 16.3. The van der Waals surface area contributed by atoms with E-state index in [1.807, 2.05) is 0 Å². The predicted octanol–water partition coefficient (Wildman–Crippen LogP) is 7.25. The maximum absolute atomic E-state index is 12.6. The standard InChI is InChI=1S/C31H56N2O2/c1-10-11-12-13-14-15-16-17-21-33(8,9)22-20-32-28(34)19-18-25-23-26(30(2,3)4)29(35)27(24-25)31(5,6)7/h23-24H,10-22H2,1-9H3,(H-,32,34,35)/p+1. The van der Waals surface area contributed by atoms with Gasteiger partial charge in [0.1, 0.15) is 5.75 Å². The monoisotopic (exact) mass is 489 g/mol. The molecule has 35 heavy (non-hydrogen) atoms. The van der Waals surface area contributed by atoms with Crippen LogP contribution >= 0.6 is 0 Å². The lowest BCUT2D eigenvalue weighted by molar-refractivity contribution is -0.889. The summed E-state index contributed by atoms with van der Waals surface area (Å²) in [5.74, 6) is 0.509. The van der Waals surface area contributed by atoms with Crippen LogP contribution in [0.4, 0.5) is 0 Å². The molecule has 0 atom stereocenters. The molecule has 0 aromatic heterocycles. The molecule has 0 fully saturated rings. The van der Waals surface area contributed by atoms with Crippen LogP contribution in [0.25, 0.3) is 0 Å². The number of unbranched alkanes of at least 4 members (excludes halogenated alkanes) is 7. The van der Waals surface area contributed by atoms with Crippen molar-refractivity contribution in [3.8, 4) is 5.75 Å². The van der Waals surface area contributed by atoms with Crippen LogP contribution in [0, 0.1) is 0 Å². The first-order chi connectivity index (χ1) is 16.2. The van der Waals surface area contributed by atoms with Gasteiger partial charge in [-0.1, -0.05) is 99.1 Å². The predicted molar refractivity (Wildman–Crippen MR) is 151 cm³/mol. The van der Waals surface area contributed by atoms with E-state index in [1.165, 1.54) is 57.9 Å². The molecule has 0 unspecified atom stereocenters. The third kappa shape index (κ3) is 12.3. The van der Waals surface area contributed by atoms with Crippen LogP contribution in [0.5, 0.6) is 5.75 Å². The highest BCUT2D eigenvalue weighted by Crippen LogP contribution is 2.40. The van der Waals surface area contributed by atoms with Crippen molar-refractivity contribution in [2.24, 2.45) is 0 Å². The highest BCUT2D eigenvalue weighted by Gasteiger charge is 2.26. The Labute approximate surface area is 217 Å². The van der Waals surface area contributed by atoms with Crippen molar-refractivity contribution in [2.75, 3.05) is 33.7 Å². The summed E-state index contributed by atoms with van der Waals surface area (Å²) in [4.78, 5) is 12.6. The van der Waals surface area contributed by atoms with Crippen molar-refractivity contribution in [1.29, 1.82) is 0 Å². The highest BCUT2D eigenvalue weighted by molar-refractivity contribution is 5.76. The molecule has 0 saturated carbocycles. The lowest BCUT2D eigenvalue weighted by atomic mass is 9.78. The Kier molecular flexibility index (Phi) is 12.8. The minimum absolute atomic E-state index is 0.111. The van der Waals surface area contributed by atoms with Crippen LogP contribution in [-0.4, -0.2) is 49.2 Å². The van der Waals surface area contributed by atoms with Gasteiger partial charge in [0.05, 0.1) is 33.7 Å². The van der Waals surface area contributed by atoms with Crippen LogP contribution < -0.4 is 5.32 Å². The minimum atomic E-state index is -0.152. The Balaban J connectivity index is 2.48. The van der Waals surface area contributed by atoms with Crippen molar-refractivity contribution < 1.29 is 14.4 Å². The summed E-state index contributed by atoms with van der Waals surface area (Å²) in [5.41, 5.74) is 2.74. The van der Waals surface area contributed by atoms with Crippen LogP contribution in [0.3, 0.4) is 0 Å². The van der Waals surface area contributed by atoms with Gasteiger partial charge in [-0.05, 0) is 46.8 Å². The van der Waals surface area contributed by atoms with E-state index in [2.05, 4.69) is 80.0 Å². The molecule has 0 heterocycles. The molecule has 0 aliphatic rings. The normalized spacial score (nSPS) is 12.7. The lowest BCUT2D eigenvalue weighted by Gasteiger charge is -2.30. The molecule has 0 spiro atoms. The fourth-order valence-electron chi connectivity index (χ4n) is 4.61. The van der Waals surface area contributed by atoms with E-state index in [1.54, 1.807) is 0 Å². The fraction of sp³-hybridized carbons (Fsp3) is 0.774. The van der Waals surface area contributed by atoms with Gasteiger partial charge in [0.25, 0.3) is 0 Å². The van der Waals surface area contributed by atoms with Crippen molar-refractivity contribution in [2.45, 2.75) is 124 Å². The van der Waals surface area contributed by atoms with Gasteiger partial charge in [-0.25, -0.2) is 0 Å². The van der Waals surface area contributed by atoms with Gasteiger partial charge >= 0.3 is 0 Å². The molecule has 1 amide bonds. The number of quaternary nitrogens is 1. The molecule has 0 aliphatic heterocycles. The van der Waals surface area contributed by atoms with E-state index in [9.17, 15) is 9.90 Å². The van der Waals surface area contributed by atoms with Crippen LogP contribution in [0.15, 0.2) is 12.1 Å². The quantitative estimate of drug-likeness (QED) is 0.201. The summed E-state index contributed by atoms with van der Waals surface area (Å²) >= 11 is 0. The smallest absolute Gasteiger partial charge is 0.220 e. The molecule has 4 nitrogen and oxygen atoms in total. The van der Waals surface area contributed by atoms with Crippen molar-refractivity contribution >= 4 is 5.91 Å². The van der Waals surface area contributed by atoms with Gasteiger partial charge in [-0.15, -0.1) is 0 Å². The summed E-state index contributed by atoms with van der Waals surface area (Å²) < 4.78 is 0.956. The van der Waals surface area contributed by atoms with Gasteiger partial charge in [0.15, 0.2) is 0 Å². The van der Waals surface area contributed by atoms with E-state index in [0.29, 0.717) is 18.6 Å². The first-order valence-electron chi connectivity index (χ1n) is 14.1. The number of amides is 1. The Bertz CT molecular complexity index is 734. The summed E-state index contributed by atoms with van der Waals surface area (Å²) in [6.45, 7) is 17.9. The van der Waals surface area contributed by atoms with Crippen LogP contribution in [0.2, 0.25) is 0 Å². The number of benzene rings is 1. The molecule has 0 bridgehead atoms. The molecule has 0 radical (unpaired) electrons. The fourth-order valence-corrected chi connectivity index (χ4v) is 4.61. The zero-order valence-corrected chi connectivity index (χ0v) is 24.6. The third-order valence-corrected chi connectivity index (χ3v) is 7.08. The number of aromatic hydroxyl groups is 1. The number of carbonyl (C=O) groups excluding carboxylic acids is 1. The minimum Gasteiger partial charge on any atom is -0.507 e. The molecule has 0 saturated heterocycles. The third-order valence-electron chi connectivity index (χ3n) is 7.08. The largest absolute Gasteiger partial charge is 0.507 e. The average molecular weight is 490 g/mol. The summed E-state index contributed by atoms with van der Waals surface area (Å²) in [6, 6.07) is 4.17. The second-order valence-electron chi connectivity index (χ2n) is 13.2. The van der Waals surface area contributed by atoms with Crippen molar-refractivity contribution in [1.82, 2.24) is 5.32 Å².